The first kappa shape index (κ1) is 25.5. The van der Waals surface area contributed by atoms with Gasteiger partial charge < -0.3 is 19.7 Å². The molecule has 0 bridgehead atoms. The molecule has 0 aliphatic carbocycles. The maximum Gasteiger partial charge on any atom is 0.307 e. The number of benzene rings is 2. The molecule has 11 heteroatoms. The average Bonchev–Trinajstić information content (AvgIpc) is 3.24. The summed E-state index contributed by atoms with van der Waals surface area (Å²) < 4.78 is 21.5. The van der Waals surface area contributed by atoms with Crippen molar-refractivity contribution in [1.82, 2.24) is 14.5 Å². The number of aromatic nitrogens is 3. The molecule has 37 heavy (non-hydrogen) atoms. The topological polar surface area (TPSA) is 115 Å². The van der Waals surface area contributed by atoms with E-state index in [2.05, 4.69) is 32.8 Å². The Morgan fingerprint density at radius 1 is 1.35 bits per heavy atom. The number of rotatable bonds is 5. The van der Waals surface area contributed by atoms with Crippen molar-refractivity contribution >= 4 is 28.2 Å². The smallest absolute Gasteiger partial charge is 0.307 e. The van der Waals surface area contributed by atoms with Crippen molar-refractivity contribution in [3.8, 4) is 28.8 Å². The number of hydrogen-bond donors (Lipinski definition) is 2. The summed E-state index contributed by atoms with van der Waals surface area (Å²) in [6.07, 6.45) is 4.76. The van der Waals surface area contributed by atoms with Crippen molar-refractivity contribution in [2.24, 2.45) is 0 Å². The molecule has 0 amide bonds. The highest BCUT2D eigenvalue weighted by Gasteiger charge is 2.22. The molecule has 190 valence electrons. The number of nitro groups is 1. The van der Waals surface area contributed by atoms with E-state index in [1.807, 2.05) is 18.3 Å². The number of aryl methyl sites for hydroxylation is 2. The highest BCUT2D eigenvalue weighted by atomic mass is 19.1. The minimum atomic E-state index is -1.01. The second-order valence-corrected chi connectivity index (χ2v) is 8.44. The molecule has 0 spiro atoms. The SMILES string of the molecule is COc1cc(F)c([N+](=O)[O-])cc1Nc1ncc(C#CC(C)O)c(-c2cn3c4c(cccc24)CCC3)n1.F. The summed E-state index contributed by atoms with van der Waals surface area (Å²) in [5.74, 6) is 4.87. The van der Waals surface area contributed by atoms with Gasteiger partial charge in [-0.1, -0.05) is 30.0 Å². The van der Waals surface area contributed by atoms with Gasteiger partial charge in [0.2, 0.25) is 11.8 Å². The lowest BCUT2D eigenvalue weighted by Gasteiger charge is -2.14. The van der Waals surface area contributed by atoms with Gasteiger partial charge in [-0.25, -0.2) is 9.97 Å². The number of nitro benzene ring substituents is 1. The Kier molecular flexibility index (Phi) is 7.04. The van der Waals surface area contributed by atoms with E-state index >= 15 is 0 Å². The van der Waals surface area contributed by atoms with Crippen molar-refractivity contribution in [3.63, 3.8) is 0 Å². The molecule has 1 unspecified atom stereocenters. The Bertz CT molecular complexity index is 1570. The van der Waals surface area contributed by atoms with E-state index in [0.717, 1.165) is 48.0 Å². The molecule has 0 fully saturated rings. The molecule has 1 aliphatic rings. The third-order valence-electron chi connectivity index (χ3n) is 6.00. The van der Waals surface area contributed by atoms with Gasteiger partial charge in [0.15, 0.2) is 0 Å². The van der Waals surface area contributed by atoms with Gasteiger partial charge in [-0.15, -0.1) is 0 Å². The van der Waals surface area contributed by atoms with Crippen LogP contribution in [-0.4, -0.2) is 37.8 Å². The Morgan fingerprint density at radius 3 is 2.89 bits per heavy atom. The van der Waals surface area contributed by atoms with Gasteiger partial charge >= 0.3 is 5.69 Å². The number of halogens is 2. The van der Waals surface area contributed by atoms with Gasteiger partial charge in [-0.2, -0.15) is 4.39 Å². The minimum Gasteiger partial charge on any atom is -0.494 e. The van der Waals surface area contributed by atoms with E-state index in [1.54, 1.807) is 6.92 Å². The van der Waals surface area contributed by atoms with Gasteiger partial charge in [0.05, 0.1) is 34.5 Å². The van der Waals surface area contributed by atoms with Gasteiger partial charge in [-0.3, -0.25) is 14.8 Å². The summed E-state index contributed by atoms with van der Waals surface area (Å²) >= 11 is 0. The second kappa shape index (κ2) is 10.2. The fourth-order valence-corrected chi connectivity index (χ4v) is 4.44. The van der Waals surface area contributed by atoms with E-state index in [0.29, 0.717) is 11.3 Å². The summed E-state index contributed by atoms with van der Waals surface area (Å²) in [6.45, 7) is 2.45. The van der Waals surface area contributed by atoms with Crippen LogP contribution in [0, 0.1) is 27.8 Å². The van der Waals surface area contributed by atoms with E-state index < -0.39 is 22.5 Å². The monoisotopic (exact) mass is 507 g/mol. The number of nitrogens with zero attached hydrogens (tertiary/aromatic N) is 4. The fraction of sp³-hybridized carbons (Fsp3) is 0.231. The summed E-state index contributed by atoms with van der Waals surface area (Å²) in [6, 6.07) is 8.15. The van der Waals surface area contributed by atoms with Crippen molar-refractivity contribution < 1.29 is 23.9 Å². The zero-order chi connectivity index (χ0) is 25.4. The molecule has 0 saturated carbocycles. The molecular weight excluding hydrogens is 484 g/mol. The first-order chi connectivity index (χ1) is 17.4. The Labute approximate surface area is 210 Å². The van der Waals surface area contributed by atoms with Gasteiger partial charge in [-0.05, 0) is 25.3 Å². The largest absolute Gasteiger partial charge is 0.494 e. The van der Waals surface area contributed by atoms with Crippen molar-refractivity contribution in [2.75, 3.05) is 12.4 Å². The minimum absolute atomic E-state index is 0. The predicted octanol–water partition coefficient (Wildman–Crippen LogP) is 4.73. The highest BCUT2D eigenvalue weighted by Crippen LogP contribution is 2.37. The molecule has 2 N–H and O–H groups in total. The second-order valence-electron chi connectivity index (χ2n) is 8.44. The summed E-state index contributed by atoms with van der Waals surface area (Å²) in [5.41, 5.74) is 3.76. The zero-order valence-corrected chi connectivity index (χ0v) is 20.0. The molecule has 2 aromatic heterocycles. The molecule has 2 aromatic carbocycles. The summed E-state index contributed by atoms with van der Waals surface area (Å²) in [4.78, 5) is 19.5. The first-order valence-electron chi connectivity index (χ1n) is 11.3. The maximum absolute atomic E-state index is 14.1. The van der Waals surface area contributed by atoms with Crippen LogP contribution in [0.1, 0.15) is 24.5 Å². The highest BCUT2D eigenvalue weighted by molar-refractivity contribution is 5.98. The first-order valence-corrected chi connectivity index (χ1v) is 11.3. The Balaban J connectivity index is 0.00000320. The summed E-state index contributed by atoms with van der Waals surface area (Å²) in [7, 11) is 1.33. The van der Waals surface area contributed by atoms with Gasteiger partial charge in [0.25, 0.3) is 0 Å². The molecule has 5 rings (SSSR count). The molecule has 4 aromatic rings. The number of methoxy groups -OCH3 is 1. The van der Waals surface area contributed by atoms with Crippen molar-refractivity contribution in [3.05, 3.63) is 69.8 Å². The van der Waals surface area contributed by atoms with E-state index in [-0.39, 0.29) is 22.1 Å². The van der Waals surface area contributed by atoms with Crippen LogP contribution in [-0.2, 0) is 13.0 Å². The van der Waals surface area contributed by atoms with E-state index in [1.165, 1.54) is 18.9 Å². The van der Waals surface area contributed by atoms with E-state index in [9.17, 15) is 19.6 Å². The molecule has 1 aliphatic heterocycles. The zero-order valence-electron chi connectivity index (χ0n) is 20.0. The van der Waals surface area contributed by atoms with Crippen LogP contribution in [0.4, 0.5) is 26.4 Å². The molecule has 0 saturated heterocycles. The lowest BCUT2D eigenvalue weighted by Crippen LogP contribution is -2.05. The van der Waals surface area contributed by atoms with Crippen LogP contribution in [0.2, 0.25) is 0 Å². The van der Waals surface area contributed by atoms with Gasteiger partial charge in [0, 0.05) is 42.0 Å². The number of anilines is 2. The number of para-hydroxylation sites is 1. The Hall–Kier alpha value is -4.56. The summed E-state index contributed by atoms with van der Waals surface area (Å²) in [5, 5.41) is 24.9. The number of ether oxygens (including phenoxy) is 1. The van der Waals surface area contributed by atoms with Crippen LogP contribution in [0.3, 0.4) is 0 Å². The molecule has 3 heterocycles. The van der Waals surface area contributed by atoms with Crippen LogP contribution < -0.4 is 10.1 Å². The average molecular weight is 507 g/mol. The number of nitrogens with one attached hydrogen (secondary N) is 1. The predicted molar refractivity (Wildman–Crippen MR) is 135 cm³/mol. The molecule has 0 radical (unpaired) electrons. The van der Waals surface area contributed by atoms with Crippen molar-refractivity contribution in [2.45, 2.75) is 32.4 Å². The molecule has 1 atom stereocenters. The number of hydrogen-bond acceptors (Lipinski definition) is 7. The number of aliphatic hydroxyl groups is 1. The molecule has 9 nitrogen and oxygen atoms in total. The van der Waals surface area contributed by atoms with Crippen LogP contribution in [0.5, 0.6) is 5.75 Å². The quantitative estimate of drug-likeness (QED) is 0.228. The Morgan fingerprint density at radius 2 is 2.16 bits per heavy atom. The fourth-order valence-electron chi connectivity index (χ4n) is 4.44. The van der Waals surface area contributed by atoms with Crippen LogP contribution >= 0.6 is 0 Å². The lowest BCUT2D eigenvalue weighted by molar-refractivity contribution is -0.387. The molecular formula is C26H23F2N5O4. The van der Waals surface area contributed by atoms with Gasteiger partial charge in [0.1, 0.15) is 11.9 Å². The number of aliphatic hydroxyl groups excluding tert-OH is 1. The van der Waals surface area contributed by atoms with Crippen molar-refractivity contribution in [1.29, 1.82) is 0 Å². The van der Waals surface area contributed by atoms with Crippen LogP contribution in [0.25, 0.3) is 22.2 Å². The third-order valence-corrected chi connectivity index (χ3v) is 6.00. The third kappa shape index (κ3) is 4.79. The van der Waals surface area contributed by atoms with Crippen LogP contribution in [0.15, 0.2) is 42.7 Å². The normalized spacial score (nSPS) is 12.8. The lowest BCUT2D eigenvalue weighted by atomic mass is 10.0. The van der Waals surface area contributed by atoms with E-state index in [4.69, 9.17) is 9.72 Å². The maximum atomic E-state index is 14.1. The standard InChI is InChI=1S/C26H22FN5O4.FH/c1-15(33)8-9-17-13-28-26(29-21-12-22(32(34)35)20(27)11-23(21)36-2)30-24(17)19-14-31-10-4-6-16-5-3-7-18(19)25(16)31;/h3,5,7,11-15,33H,4,6,10H2,1-2H3,(H,28,29,30);1H.